The Hall–Kier alpha value is -3.28. The number of phenols is 1. The summed E-state index contributed by atoms with van der Waals surface area (Å²) in [7, 11) is 0. The Balaban J connectivity index is 2.10. The van der Waals surface area contributed by atoms with Gasteiger partial charge in [0.2, 0.25) is 0 Å². The predicted octanol–water partition coefficient (Wildman–Crippen LogP) is 2.16. The molecule has 0 fully saturated rings. The first-order valence-corrected chi connectivity index (χ1v) is 9.07. The Labute approximate surface area is 173 Å². The third-order valence-corrected chi connectivity index (χ3v) is 4.83. The van der Waals surface area contributed by atoms with Gasteiger partial charge < -0.3 is 15.5 Å². The molecule has 0 saturated carbocycles. The van der Waals surface area contributed by atoms with Crippen LogP contribution in [-0.4, -0.2) is 34.2 Å². The first kappa shape index (κ1) is 22.0. The minimum atomic E-state index is -1.10. The van der Waals surface area contributed by atoms with Crippen LogP contribution >= 0.6 is 11.6 Å². The SMILES string of the molecule is Cc1cc(C(=O)NNC(=O)[C@H](Nc2ccc(C#N)c(Cl)c2C)[C@@H](C)O)ccc1O. The number of carbonyl (C=O) groups is 2. The molecule has 2 rings (SSSR count). The smallest absolute Gasteiger partial charge is 0.269 e. The summed E-state index contributed by atoms with van der Waals surface area (Å²) in [6, 6.07) is 8.22. The second-order valence-electron chi connectivity index (χ2n) is 6.52. The lowest BCUT2D eigenvalue weighted by Gasteiger charge is -2.23. The fraction of sp³-hybridized carbons (Fsp3) is 0.250. The monoisotopic (exact) mass is 416 g/mol. The number of hydrogen-bond acceptors (Lipinski definition) is 6. The topological polar surface area (TPSA) is 134 Å². The Bertz CT molecular complexity index is 985. The van der Waals surface area contributed by atoms with E-state index >= 15 is 0 Å². The molecule has 0 radical (unpaired) electrons. The van der Waals surface area contributed by atoms with Gasteiger partial charge in [-0.1, -0.05) is 11.6 Å². The second-order valence-corrected chi connectivity index (χ2v) is 6.90. The van der Waals surface area contributed by atoms with Crippen molar-refractivity contribution < 1.29 is 19.8 Å². The highest BCUT2D eigenvalue weighted by Crippen LogP contribution is 2.27. The minimum absolute atomic E-state index is 0.0559. The van der Waals surface area contributed by atoms with E-state index in [9.17, 15) is 19.8 Å². The number of nitrogens with zero attached hydrogens (tertiary/aromatic N) is 1. The molecule has 0 aliphatic heterocycles. The van der Waals surface area contributed by atoms with Crippen LogP contribution in [0.5, 0.6) is 5.75 Å². The number of hydrazine groups is 1. The maximum atomic E-state index is 12.5. The molecular formula is C20H21ClN4O4. The van der Waals surface area contributed by atoms with Crippen LogP contribution in [0.3, 0.4) is 0 Å². The lowest BCUT2D eigenvalue weighted by molar-refractivity contribution is -0.124. The number of aromatic hydroxyl groups is 1. The summed E-state index contributed by atoms with van der Waals surface area (Å²) in [6.45, 7) is 4.74. The number of halogens is 1. The van der Waals surface area contributed by atoms with Crippen LogP contribution in [0.1, 0.15) is 34.0 Å². The lowest BCUT2D eigenvalue weighted by atomic mass is 10.1. The van der Waals surface area contributed by atoms with E-state index in [1.54, 1.807) is 19.9 Å². The van der Waals surface area contributed by atoms with Gasteiger partial charge in [-0.3, -0.25) is 20.4 Å². The number of rotatable bonds is 5. The lowest BCUT2D eigenvalue weighted by Crippen LogP contribution is -2.52. The quantitative estimate of drug-likeness (QED) is 0.474. The van der Waals surface area contributed by atoms with Crippen molar-refractivity contribution in [2.24, 2.45) is 0 Å². The van der Waals surface area contributed by atoms with Crippen LogP contribution in [0, 0.1) is 25.2 Å². The first-order chi connectivity index (χ1) is 13.6. The molecule has 9 heteroatoms. The summed E-state index contributed by atoms with van der Waals surface area (Å²) in [5.74, 6) is -1.20. The fourth-order valence-corrected chi connectivity index (χ4v) is 2.77. The third kappa shape index (κ3) is 5.16. The molecule has 0 heterocycles. The van der Waals surface area contributed by atoms with Gasteiger partial charge in [0.05, 0.1) is 16.7 Å². The van der Waals surface area contributed by atoms with Gasteiger partial charge in [-0.15, -0.1) is 0 Å². The highest BCUT2D eigenvalue weighted by Gasteiger charge is 2.25. The van der Waals surface area contributed by atoms with Crippen molar-refractivity contribution in [3.05, 3.63) is 57.6 Å². The number of hydrogen-bond donors (Lipinski definition) is 5. The van der Waals surface area contributed by atoms with Gasteiger partial charge in [-0.05, 0) is 62.2 Å². The molecule has 2 aromatic carbocycles. The molecule has 5 N–H and O–H groups in total. The molecule has 0 bridgehead atoms. The number of aliphatic hydroxyl groups is 1. The van der Waals surface area contributed by atoms with Crippen LogP contribution in [0.4, 0.5) is 5.69 Å². The molecule has 0 saturated heterocycles. The maximum Gasteiger partial charge on any atom is 0.269 e. The summed E-state index contributed by atoms with van der Waals surface area (Å²) in [4.78, 5) is 24.7. The largest absolute Gasteiger partial charge is 0.508 e. The standard InChI is InChI=1S/C20H21ClN4O4/c1-10-8-13(5-7-16(10)27)19(28)24-25-20(29)18(12(3)26)23-15-6-4-14(9-22)17(21)11(15)2/h4-8,12,18,23,26-27H,1-3H3,(H,24,28)(H,25,29)/t12-,18-/m1/s1. The molecular weight excluding hydrogens is 396 g/mol. The van der Waals surface area contributed by atoms with E-state index in [1.165, 1.54) is 31.2 Å². The van der Waals surface area contributed by atoms with Crippen molar-refractivity contribution >= 4 is 29.1 Å². The third-order valence-electron chi connectivity index (χ3n) is 4.34. The molecule has 2 amide bonds. The summed E-state index contributed by atoms with van der Waals surface area (Å²) < 4.78 is 0. The zero-order valence-corrected chi connectivity index (χ0v) is 16.8. The Kier molecular flexibility index (Phi) is 7.04. The van der Waals surface area contributed by atoms with Crippen LogP contribution in [0.2, 0.25) is 5.02 Å². The Morgan fingerprint density at radius 1 is 1.17 bits per heavy atom. The first-order valence-electron chi connectivity index (χ1n) is 8.69. The minimum Gasteiger partial charge on any atom is -0.508 e. The Morgan fingerprint density at radius 3 is 2.45 bits per heavy atom. The van der Waals surface area contributed by atoms with Gasteiger partial charge in [0.1, 0.15) is 17.9 Å². The van der Waals surface area contributed by atoms with E-state index < -0.39 is 24.0 Å². The molecule has 29 heavy (non-hydrogen) atoms. The number of phenolic OH excluding ortho intramolecular Hbond substituents is 1. The van der Waals surface area contributed by atoms with Crippen molar-refractivity contribution in [2.75, 3.05) is 5.32 Å². The van der Waals surface area contributed by atoms with Crippen molar-refractivity contribution in [3.63, 3.8) is 0 Å². The van der Waals surface area contributed by atoms with Crippen LogP contribution < -0.4 is 16.2 Å². The summed E-state index contributed by atoms with van der Waals surface area (Å²) in [6.07, 6.45) is -1.10. The van der Waals surface area contributed by atoms with Gasteiger partial charge in [0.25, 0.3) is 11.8 Å². The van der Waals surface area contributed by atoms with E-state index in [1.807, 2.05) is 6.07 Å². The van der Waals surface area contributed by atoms with Crippen molar-refractivity contribution in [1.29, 1.82) is 5.26 Å². The zero-order valence-electron chi connectivity index (χ0n) is 16.1. The van der Waals surface area contributed by atoms with E-state index in [0.29, 0.717) is 22.4 Å². The fourth-order valence-electron chi connectivity index (χ4n) is 2.57. The summed E-state index contributed by atoms with van der Waals surface area (Å²) >= 11 is 6.14. The maximum absolute atomic E-state index is 12.5. The normalized spacial score (nSPS) is 12.4. The molecule has 0 aliphatic rings. The van der Waals surface area contributed by atoms with Crippen LogP contribution in [-0.2, 0) is 4.79 Å². The van der Waals surface area contributed by atoms with Crippen LogP contribution in [0.25, 0.3) is 0 Å². The van der Waals surface area contributed by atoms with E-state index in [0.717, 1.165) is 0 Å². The van der Waals surface area contributed by atoms with Crippen molar-refractivity contribution in [1.82, 2.24) is 10.9 Å². The highest BCUT2D eigenvalue weighted by molar-refractivity contribution is 6.32. The number of anilines is 1. The second kappa shape index (κ2) is 9.28. The van der Waals surface area contributed by atoms with Crippen molar-refractivity contribution in [3.8, 4) is 11.8 Å². The number of amides is 2. The molecule has 152 valence electrons. The highest BCUT2D eigenvalue weighted by atomic mass is 35.5. The number of benzene rings is 2. The van der Waals surface area contributed by atoms with Gasteiger partial charge >= 0.3 is 0 Å². The summed E-state index contributed by atoms with van der Waals surface area (Å²) in [5, 5.41) is 31.7. The van der Waals surface area contributed by atoms with Gasteiger partial charge in [-0.2, -0.15) is 5.26 Å². The number of aliphatic hydroxyl groups excluding tert-OH is 1. The number of aryl methyl sites for hydroxylation is 1. The predicted molar refractivity (Wildman–Crippen MR) is 108 cm³/mol. The Morgan fingerprint density at radius 2 is 1.86 bits per heavy atom. The molecule has 0 aromatic heterocycles. The average Bonchev–Trinajstić information content (AvgIpc) is 2.68. The number of nitrogens with one attached hydrogen (secondary N) is 3. The molecule has 2 atom stereocenters. The van der Waals surface area contributed by atoms with Gasteiger partial charge in [0, 0.05) is 11.3 Å². The van der Waals surface area contributed by atoms with Crippen molar-refractivity contribution in [2.45, 2.75) is 32.9 Å². The van der Waals surface area contributed by atoms with E-state index in [-0.39, 0.29) is 16.3 Å². The molecule has 0 unspecified atom stereocenters. The average molecular weight is 417 g/mol. The van der Waals surface area contributed by atoms with Gasteiger partial charge in [-0.25, -0.2) is 0 Å². The summed E-state index contributed by atoms with van der Waals surface area (Å²) in [5.41, 5.74) is 6.61. The van der Waals surface area contributed by atoms with E-state index in [4.69, 9.17) is 16.9 Å². The molecule has 2 aromatic rings. The van der Waals surface area contributed by atoms with E-state index in [2.05, 4.69) is 16.2 Å². The zero-order chi connectivity index (χ0) is 21.7. The number of carbonyl (C=O) groups excluding carboxylic acids is 2. The number of nitriles is 1. The molecule has 0 spiro atoms. The van der Waals surface area contributed by atoms with Crippen LogP contribution in [0.15, 0.2) is 30.3 Å². The molecule has 8 nitrogen and oxygen atoms in total. The molecule has 0 aliphatic carbocycles. The van der Waals surface area contributed by atoms with Gasteiger partial charge in [0.15, 0.2) is 0 Å².